The van der Waals surface area contributed by atoms with Crippen molar-refractivity contribution in [1.29, 1.82) is 0 Å². The van der Waals surface area contributed by atoms with E-state index in [4.69, 9.17) is 4.98 Å². The SMILES string of the molecule is CCCCCCCCCCC1C(=O)c2cc3ccccc3nc2C=C1CCCCCC. The lowest BCUT2D eigenvalue weighted by atomic mass is 9.79. The molecule has 2 heteroatoms. The molecule has 0 N–H and O–H groups in total. The summed E-state index contributed by atoms with van der Waals surface area (Å²) in [6.07, 6.45) is 19.7. The number of aromatic nitrogens is 1. The van der Waals surface area contributed by atoms with Gasteiger partial charge in [-0.25, -0.2) is 4.98 Å². The molecule has 0 radical (unpaired) electrons. The summed E-state index contributed by atoms with van der Waals surface area (Å²) in [6, 6.07) is 10.2. The van der Waals surface area contributed by atoms with Crippen molar-refractivity contribution in [3.05, 3.63) is 47.2 Å². The third-order valence-electron chi connectivity index (χ3n) is 6.77. The van der Waals surface area contributed by atoms with Crippen LogP contribution in [-0.2, 0) is 0 Å². The number of benzene rings is 1. The summed E-state index contributed by atoms with van der Waals surface area (Å²) in [5.74, 6) is 0.376. The van der Waals surface area contributed by atoms with Gasteiger partial charge in [0.15, 0.2) is 5.78 Å². The molecule has 2 nitrogen and oxygen atoms in total. The van der Waals surface area contributed by atoms with E-state index in [2.05, 4.69) is 32.1 Å². The van der Waals surface area contributed by atoms with Gasteiger partial charge in [-0.2, -0.15) is 0 Å². The summed E-state index contributed by atoms with van der Waals surface area (Å²) in [4.78, 5) is 18.4. The number of unbranched alkanes of at least 4 members (excludes halogenated alkanes) is 10. The number of rotatable bonds is 14. The molecule has 168 valence electrons. The molecule has 3 rings (SSSR count). The lowest BCUT2D eigenvalue weighted by Gasteiger charge is -2.25. The Kier molecular flexibility index (Phi) is 9.78. The number of ketones is 1. The lowest BCUT2D eigenvalue weighted by Crippen LogP contribution is -2.23. The smallest absolute Gasteiger partial charge is 0.172 e. The highest BCUT2D eigenvalue weighted by atomic mass is 16.1. The number of hydrogen-bond acceptors (Lipinski definition) is 2. The van der Waals surface area contributed by atoms with Gasteiger partial charge in [0, 0.05) is 16.9 Å². The van der Waals surface area contributed by atoms with Gasteiger partial charge in [-0.1, -0.05) is 108 Å². The van der Waals surface area contributed by atoms with Crippen molar-refractivity contribution in [2.45, 2.75) is 104 Å². The van der Waals surface area contributed by atoms with Crippen LogP contribution >= 0.6 is 0 Å². The zero-order valence-electron chi connectivity index (χ0n) is 19.8. The quantitative estimate of drug-likeness (QED) is 0.286. The van der Waals surface area contributed by atoms with Crippen molar-refractivity contribution in [3.8, 4) is 0 Å². The van der Waals surface area contributed by atoms with E-state index in [0.717, 1.165) is 41.4 Å². The van der Waals surface area contributed by atoms with Crippen molar-refractivity contribution in [2.24, 2.45) is 5.92 Å². The maximum absolute atomic E-state index is 13.5. The van der Waals surface area contributed by atoms with Gasteiger partial charge < -0.3 is 0 Å². The number of allylic oxidation sites excluding steroid dienone is 1. The van der Waals surface area contributed by atoms with Gasteiger partial charge >= 0.3 is 0 Å². The first-order valence-electron chi connectivity index (χ1n) is 12.9. The number of fused-ring (bicyclic) bond motifs is 2. The first-order valence-corrected chi connectivity index (χ1v) is 12.9. The molecule has 1 aliphatic carbocycles. The molecule has 0 amide bonds. The van der Waals surface area contributed by atoms with Gasteiger partial charge in [0.2, 0.25) is 0 Å². The van der Waals surface area contributed by atoms with Gasteiger partial charge in [-0.05, 0) is 37.5 Å². The minimum atomic E-state index is 0.0668. The minimum Gasteiger partial charge on any atom is -0.293 e. The Hall–Kier alpha value is -1.96. The topological polar surface area (TPSA) is 30.0 Å². The van der Waals surface area contributed by atoms with Gasteiger partial charge in [0.05, 0.1) is 11.2 Å². The molecule has 0 saturated carbocycles. The van der Waals surface area contributed by atoms with Crippen molar-refractivity contribution < 1.29 is 4.79 Å². The van der Waals surface area contributed by atoms with Crippen molar-refractivity contribution >= 4 is 22.8 Å². The summed E-state index contributed by atoms with van der Waals surface area (Å²) >= 11 is 0. The molecule has 31 heavy (non-hydrogen) atoms. The van der Waals surface area contributed by atoms with E-state index >= 15 is 0 Å². The largest absolute Gasteiger partial charge is 0.293 e. The van der Waals surface area contributed by atoms with Gasteiger partial charge in [0.25, 0.3) is 0 Å². The van der Waals surface area contributed by atoms with E-state index in [0.29, 0.717) is 5.78 Å². The van der Waals surface area contributed by atoms with Crippen molar-refractivity contribution in [3.63, 3.8) is 0 Å². The summed E-state index contributed by atoms with van der Waals surface area (Å²) in [6.45, 7) is 4.52. The molecule has 1 unspecified atom stereocenters. The second kappa shape index (κ2) is 12.8. The Balaban J connectivity index is 1.66. The molecular formula is C29H41NO. The fraction of sp³-hybridized carbons (Fsp3) is 0.586. The second-order valence-electron chi connectivity index (χ2n) is 9.32. The van der Waals surface area contributed by atoms with Gasteiger partial charge in [0.1, 0.15) is 0 Å². The predicted molar refractivity (Wildman–Crippen MR) is 134 cm³/mol. The van der Waals surface area contributed by atoms with Gasteiger partial charge in [-0.15, -0.1) is 0 Å². The van der Waals surface area contributed by atoms with Crippen molar-refractivity contribution in [2.75, 3.05) is 0 Å². The maximum atomic E-state index is 13.5. The number of carbonyl (C=O) groups excluding carboxylic acids is 1. The first kappa shape index (κ1) is 23.7. The molecular weight excluding hydrogens is 378 g/mol. The van der Waals surface area contributed by atoms with Crippen molar-refractivity contribution in [1.82, 2.24) is 4.98 Å². The summed E-state index contributed by atoms with van der Waals surface area (Å²) in [7, 11) is 0. The van der Waals surface area contributed by atoms with Gasteiger partial charge in [-0.3, -0.25) is 4.79 Å². The maximum Gasteiger partial charge on any atom is 0.172 e. The molecule has 1 aromatic heterocycles. The first-order chi connectivity index (χ1) is 15.2. The molecule has 0 spiro atoms. The monoisotopic (exact) mass is 419 g/mol. The van der Waals surface area contributed by atoms with Crippen LogP contribution < -0.4 is 0 Å². The average Bonchev–Trinajstić information content (AvgIpc) is 2.79. The van der Waals surface area contributed by atoms with Crippen LogP contribution in [0, 0.1) is 5.92 Å². The van der Waals surface area contributed by atoms with Crippen LogP contribution in [0.15, 0.2) is 35.9 Å². The van der Waals surface area contributed by atoms with Crippen LogP contribution in [0.2, 0.25) is 0 Å². The number of nitrogens with zero attached hydrogens (tertiary/aromatic N) is 1. The van der Waals surface area contributed by atoms with E-state index in [1.165, 1.54) is 76.2 Å². The molecule has 1 aromatic carbocycles. The van der Waals surface area contributed by atoms with E-state index < -0.39 is 0 Å². The highest BCUT2D eigenvalue weighted by Gasteiger charge is 2.30. The summed E-state index contributed by atoms with van der Waals surface area (Å²) in [5, 5.41) is 1.07. The van der Waals surface area contributed by atoms with Crippen LogP contribution in [0.3, 0.4) is 0 Å². The molecule has 0 aliphatic heterocycles. The zero-order chi connectivity index (χ0) is 21.9. The normalized spacial score (nSPS) is 15.9. The third kappa shape index (κ3) is 6.76. The molecule has 0 bridgehead atoms. The average molecular weight is 420 g/mol. The van der Waals surface area contributed by atoms with Crippen LogP contribution in [0.1, 0.15) is 120 Å². The third-order valence-corrected chi connectivity index (χ3v) is 6.77. The van der Waals surface area contributed by atoms with E-state index in [-0.39, 0.29) is 5.92 Å². The fourth-order valence-corrected chi connectivity index (χ4v) is 4.87. The number of Topliss-reactive ketones (excluding diaryl/α,β-unsaturated/α-hetero) is 1. The van der Waals surface area contributed by atoms with E-state index in [1.807, 2.05) is 18.2 Å². The van der Waals surface area contributed by atoms with E-state index in [9.17, 15) is 4.79 Å². The Labute approximate surface area is 189 Å². The zero-order valence-corrected chi connectivity index (χ0v) is 19.8. The Morgan fingerprint density at radius 2 is 1.45 bits per heavy atom. The highest BCUT2D eigenvalue weighted by molar-refractivity contribution is 6.07. The number of hydrogen-bond donors (Lipinski definition) is 0. The van der Waals surface area contributed by atoms with Crippen LogP contribution in [-0.4, -0.2) is 10.8 Å². The lowest BCUT2D eigenvalue weighted by molar-refractivity contribution is 0.0928. The molecule has 1 aliphatic rings. The molecule has 2 aromatic rings. The second-order valence-corrected chi connectivity index (χ2v) is 9.32. The van der Waals surface area contributed by atoms with E-state index in [1.54, 1.807) is 0 Å². The standard InChI is InChI=1S/C29H41NO/c1-3-5-7-9-10-11-12-14-19-25-23(17-13-8-6-4-2)22-28-26(29(25)31)21-24-18-15-16-20-27(24)30-28/h15-16,18,20-22,25H,3-14,17,19H2,1-2H3. The molecule has 1 atom stereocenters. The molecule has 0 fully saturated rings. The highest BCUT2D eigenvalue weighted by Crippen LogP contribution is 2.35. The Morgan fingerprint density at radius 3 is 2.19 bits per heavy atom. The summed E-state index contributed by atoms with van der Waals surface area (Å²) in [5.41, 5.74) is 4.04. The number of carbonyl (C=O) groups is 1. The fourth-order valence-electron chi connectivity index (χ4n) is 4.87. The number of para-hydroxylation sites is 1. The Morgan fingerprint density at radius 1 is 0.806 bits per heavy atom. The predicted octanol–water partition coefficient (Wildman–Crippen LogP) is 8.93. The van der Waals surface area contributed by atoms with Crippen LogP contribution in [0.4, 0.5) is 0 Å². The summed E-state index contributed by atoms with van der Waals surface area (Å²) < 4.78 is 0. The number of pyridine rings is 1. The molecule has 1 heterocycles. The van der Waals surface area contributed by atoms with Crippen LogP contribution in [0.25, 0.3) is 17.0 Å². The Bertz CT molecular complexity index is 866. The molecule has 0 saturated heterocycles. The van der Waals surface area contributed by atoms with Crippen LogP contribution in [0.5, 0.6) is 0 Å². The minimum absolute atomic E-state index is 0.0668.